The molecule has 3 aromatic heterocycles. The van der Waals surface area contributed by atoms with E-state index in [9.17, 15) is 9.59 Å². The van der Waals surface area contributed by atoms with E-state index < -0.39 is 6.04 Å². The molecule has 0 radical (unpaired) electrons. The number of nitrogens with zero attached hydrogens (tertiary/aromatic N) is 6. The Hall–Kier alpha value is -2.93. The van der Waals surface area contributed by atoms with Gasteiger partial charge in [0.2, 0.25) is 11.8 Å². The molecule has 0 bridgehead atoms. The number of pyridine rings is 1. The van der Waals surface area contributed by atoms with Gasteiger partial charge < -0.3 is 10.2 Å². The summed E-state index contributed by atoms with van der Waals surface area (Å²) < 4.78 is 3.24. The number of rotatable bonds is 5. The minimum Gasteiger partial charge on any atom is -0.325 e. The van der Waals surface area contributed by atoms with Crippen molar-refractivity contribution in [3.63, 3.8) is 0 Å². The lowest BCUT2D eigenvalue weighted by molar-refractivity contribution is -0.138. The van der Waals surface area contributed by atoms with Crippen LogP contribution < -0.4 is 5.32 Å². The average molecular weight is 700 g/mol. The molecule has 3 atom stereocenters. The van der Waals surface area contributed by atoms with Gasteiger partial charge in [0.05, 0.1) is 5.52 Å². The van der Waals surface area contributed by atoms with Crippen LogP contribution in [0.4, 0.5) is 5.82 Å². The number of hydrogen-bond donors (Lipinski definition) is 1. The molecule has 2 fully saturated rings. The van der Waals surface area contributed by atoms with E-state index in [-0.39, 0.29) is 29.8 Å². The van der Waals surface area contributed by atoms with Gasteiger partial charge >= 0.3 is 0 Å². The number of carbonyl (C=O) groups excluding carboxylic acids is 2. The van der Waals surface area contributed by atoms with Gasteiger partial charge in [-0.15, -0.1) is 0 Å². The van der Waals surface area contributed by atoms with Crippen molar-refractivity contribution in [2.75, 3.05) is 5.32 Å². The van der Waals surface area contributed by atoms with E-state index in [4.69, 9.17) is 5.10 Å². The largest absolute Gasteiger partial charge is 0.325 e. The second-order valence-corrected chi connectivity index (χ2v) is 12.7. The van der Waals surface area contributed by atoms with Crippen molar-refractivity contribution in [2.24, 2.45) is 5.41 Å². The van der Waals surface area contributed by atoms with Gasteiger partial charge in [0, 0.05) is 29.4 Å². The minimum absolute atomic E-state index is 0.0288. The monoisotopic (exact) mass is 699 g/mol. The summed E-state index contributed by atoms with van der Waals surface area (Å²) >= 11 is 5.59. The van der Waals surface area contributed by atoms with Crippen molar-refractivity contribution >= 4 is 67.1 Å². The van der Waals surface area contributed by atoms with Gasteiger partial charge in [-0.3, -0.25) is 14.3 Å². The van der Waals surface area contributed by atoms with Crippen LogP contribution in [0.1, 0.15) is 36.7 Å². The Balaban J connectivity index is 1.28. The number of aryl methyl sites for hydroxylation is 3. The maximum absolute atomic E-state index is 13.8. The van der Waals surface area contributed by atoms with E-state index in [1.54, 1.807) is 9.58 Å². The molecule has 11 heteroatoms. The number of amides is 2. The molecule has 2 amide bonds. The molecule has 1 N–H and O–H groups in total. The van der Waals surface area contributed by atoms with Gasteiger partial charge in [0.25, 0.3) is 0 Å². The van der Waals surface area contributed by atoms with E-state index in [0.29, 0.717) is 16.8 Å². The molecule has 39 heavy (non-hydrogen) atoms. The molecule has 0 unspecified atom stereocenters. The van der Waals surface area contributed by atoms with Crippen LogP contribution in [0.25, 0.3) is 22.0 Å². The van der Waals surface area contributed by atoms with Crippen LogP contribution in [0, 0.1) is 29.9 Å². The predicted octanol–water partition coefficient (Wildman–Crippen LogP) is 5.20. The number of fused-ring (bicyclic) bond motifs is 2. The summed E-state index contributed by atoms with van der Waals surface area (Å²) in [5.74, 6) is 0.926. The van der Waals surface area contributed by atoms with Crippen LogP contribution in [-0.2, 0) is 16.1 Å². The molecular weight excluding hydrogens is 673 g/mol. The van der Waals surface area contributed by atoms with Crippen molar-refractivity contribution < 1.29 is 9.59 Å². The molecule has 2 aliphatic rings. The zero-order valence-corrected chi connectivity index (χ0v) is 25.7. The third kappa shape index (κ3) is 4.73. The van der Waals surface area contributed by atoms with E-state index in [0.717, 1.165) is 49.1 Å². The molecule has 1 aromatic carbocycles. The topological polar surface area (TPSA) is 106 Å². The quantitative estimate of drug-likeness (QED) is 0.227. The highest BCUT2D eigenvalue weighted by atomic mass is 127. The van der Waals surface area contributed by atoms with Gasteiger partial charge in [0.15, 0.2) is 0 Å². The first-order valence-corrected chi connectivity index (χ1v) is 14.6. The smallest absolute Gasteiger partial charge is 0.248 e. The third-order valence-electron chi connectivity index (χ3n) is 7.92. The van der Waals surface area contributed by atoms with E-state index >= 15 is 0 Å². The molecule has 1 saturated carbocycles. The zero-order valence-electron chi connectivity index (χ0n) is 22.0. The van der Waals surface area contributed by atoms with Crippen LogP contribution in [-0.4, -0.2) is 53.5 Å². The van der Waals surface area contributed by atoms with Crippen molar-refractivity contribution in [3.05, 3.63) is 61.9 Å². The van der Waals surface area contributed by atoms with Gasteiger partial charge in [-0.05, 0) is 112 Å². The summed E-state index contributed by atoms with van der Waals surface area (Å²) in [4.78, 5) is 42.1. The molecule has 200 valence electrons. The zero-order chi connectivity index (χ0) is 27.6. The lowest BCUT2D eigenvalue weighted by atomic mass is 10.0. The Morgan fingerprint density at radius 1 is 1.10 bits per heavy atom. The maximum atomic E-state index is 13.8. The highest BCUT2D eigenvalue weighted by Gasteiger charge is 2.64. The molecule has 4 aromatic rings. The number of halogens is 2. The number of benzene rings is 1. The van der Waals surface area contributed by atoms with E-state index in [2.05, 4.69) is 77.8 Å². The first-order valence-electron chi connectivity index (χ1n) is 12.7. The Bertz CT molecular complexity index is 1650. The molecular formula is C28H27BrIN7O2. The standard InChI is InChI=1S/C28H27BrIN7O2/c1-14-5-6-22(29)33-26(14)34-27(39)20-9-28(4)10-21(28)37(20)23(38)13-36-24-15(2)7-17(8-19(24)25(30)35-36)18-11-31-16(3)32-12-18/h5-8,11-12,20-21H,9-10,13H2,1-4H3,(H,33,34,39)/t20-,21+,28-/m0/s1. The van der Waals surface area contributed by atoms with Crippen molar-refractivity contribution in [1.82, 2.24) is 29.6 Å². The average Bonchev–Trinajstić information content (AvgIpc) is 3.29. The second-order valence-electron chi connectivity index (χ2n) is 10.8. The first-order chi connectivity index (χ1) is 18.5. The number of likely N-dealkylation sites (tertiary alicyclic amines) is 1. The fourth-order valence-electron chi connectivity index (χ4n) is 5.71. The lowest BCUT2D eigenvalue weighted by Gasteiger charge is -2.27. The highest BCUT2D eigenvalue weighted by molar-refractivity contribution is 14.1. The second kappa shape index (κ2) is 9.61. The molecule has 6 rings (SSSR count). The lowest BCUT2D eigenvalue weighted by Crippen LogP contribution is -2.47. The van der Waals surface area contributed by atoms with Gasteiger partial charge in [-0.1, -0.05) is 13.0 Å². The van der Waals surface area contributed by atoms with Crippen LogP contribution in [0.15, 0.2) is 41.3 Å². The molecule has 4 heterocycles. The van der Waals surface area contributed by atoms with Gasteiger partial charge in [0.1, 0.15) is 32.5 Å². The highest BCUT2D eigenvalue weighted by Crippen LogP contribution is 2.59. The number of anilines is 1. The van der Waals surface area contributed by atoms with Crippen molar-refractivity contribution in [3.8, 4) is 11.1 Å². The summed E-state index contributed by atoms with van der Waals surface area (Å²) in [6.45, 7) is 8.00. The third-order valence-corrected chi connectivity index (χ3v) is 9.16. The fraction of sp³-hybridized carbons (Fsp3) is 0.357. The first kappa shape index (κ1) is 26.3. The summed E-state index contributed by atoms with van der Waals surface area (Å²) in [6.07, 6.45) is 5.19. The van der Waals surface area contributed by atoms with E-state index in [1.165, 1.54) is 0 Å². The van der Waals surface area contributed by atoms with Crippen LogP contribution in [0.2, 0.25) is 0 Å². The normalized spacial score (nSPS) is 21.7. The summed E-state index contributed by atoms with van der Waals surface area (Å²) in [7, 11) is 0. The number of aromatic nitrogens is 5. The molecule has 9 nitrogen and oxygen atoms in total. The number of piperidine rings is 1. The molecule has 1 saturated heterocycles. The Morgan fingerprint density at radius 3 is 2.59 bits per heavy atom. The Kier molecular flexibility index (Phi) is 6.48. The molecule has 1 aliphatic heterocycles. The summed E-state index contributed by atoms with van der Waals surface area (Å²) in [5, 5.41) is 8.67. The summed E-state index contributed by atoms with van der Waals surface area (Å²) in [6, 6.07) is 7.40. The van der Waals surface area contributed by atoms with Crippen LogP contribution in [0.5, 0.6) is 0 Å². The molecule has 1 aliphatic carbocycles. The van der Waals surface area contributed by atoms with Crippen molar-refractivity contribution in [1.29, 1.82) is 0 Å². The van der Waals surface area contributed by atoms with Crippen molar-refractivity contribution in [2.45, 2.75) is 59.2 Å². The molecule has 0 spiro atoms. The predicted molar refractivity (Wildman–Crippen MR) is 160 cm³/mol. The fourth-order valence-corrected chi connectivity index (χ4v) is 6.69. The Morgan fingerprint density at radius 2 is 1.85 bits per heavy atom. The minimum atomic E-state index is -0.545. The Labute approximate surface area is 248 Å². The maximum Gasteiger partial charge on any atom is 0.248 e. The SMILES string of the molecule is Cc1ncc(-c2cc(C)c3c(c2)c(I)nn3CC(=O)N2[C@H](C(=O)Nc3nc(Br)ccc3C)C[C@@]3(C)C[C@@H]23)cn1. The number of hydrogen-bond acceptors (Lipinski definition) is 6. The van der Waals surface area contributed by atoms with Gasteiger partial charge in [-0.25, -0.2) is 15.0 Å². The summed E-state index contributed by atoms with van der Waals surface area (Å²) in [5.41, 5.74) is 4.69. The van der Waals surface area contributed by atoms with E-state index in [1.807, 2.05) is 45.3 Å². The van der Waals surface area contributed by atoms with Crippen LogP contribution in [0.3, 0.4) is 0 Å². The van der Waals surface area contributed by atoms with Gasteiger partial charge in [-0.2, -0.15) is 5.10 Å². The number of nitrogens with one attached hydrogen (secondary N) is 1. The number of carbonyl (C=O) groups is 2. The van der Waals surface area contributed by atoms with Crippen LogP contribution >= 0.6 is 38.5 Å².